The maximum absolute atomic E-state index is 10.8. The fourth-order valence-corrected chi connectivity index (χ4v) is 0.608. The van der Waals surface area contributed by atoms with Crippen LogP contribution in [0.4, 0.5) is 0 Å². The molecule has 0 spiro atoms. The molecule has 4 nitrogen and oxygen atoms in total. The van der Waals surface area contributed by atoms with Gasteiger partial charge in [0.05, 0.1) is 12.7 Å². The molecule has 0 aliphatic rings. The van der Waals surface area contributed by atoms with Crippen molar-refractivity contribution in [3.8, 4) is 6.07 Å². The summed E-state index contributed by atoms with van der Waals surface area (Å²) in [6.45, 7) is 2.05. The van der Waals surface area contributed by atoms with E-state index in [9.17, 15) is 4.79 Å². The molecule has 0 unspecified atom stereocenters. The van der Waals surface area contributed by atoms with E-state index in [1.807, 2.05) is 6.07 Å². The predicted molar refractivity (Wildman–Crippen MR) is 43.8 cm³/mol. The zero-order chi connectivity index (χ0) is 9.40. The van der Waals surface area contributed by atoms with Gasteiger partial charge >= 0.3 is 5.97 Å². The number of nitrogens with two attached hydrogens (primary N) is 1. The van der Waals surface area contributed by atoms with E-state index in [1.54, 1.807) is 6.92 Å². The number of allylic oxidation sites excluding steroid dienone is 1. The Morgan fingerprint density at radius 3 is 2.92 bits per heavy atom. The molecule has 0 heterocycles. The second kappa shape index (κ2) is 6.23. The molecule has 0 saturated heterocycles. The van der Waals surface area contributed by atoms with Crippen LogP contribution in [0.15, 0.2) is 11.8 Å². The van der Waals surface area contributed by atoms with Gasteiger partial charge in [0.25, 0.3) is 0 Å². The third-order valence-corrected chi connectivity index (χ3v) is 1.12. The molecule has 0 atom stereocenters. The molecule has 0 aliphatic heterocycles. The Labute approximate surface area is 71.6 Å². The molecule has 12 heavy (non-hydrogen) atoms. The van der Waals surface area contributed by atoms with Crippen molar-refractivity contribution in [2.45, 2.75) is 19.8 Å². The number of esters is 1. The van der Waals surface area contributed by atoms with Gasteiger partial charge in [0.1, 0.15) is 0 Å². The van der Waals surface area contributed by atoms with E-state index in [0.29, 0.717) is 25.1 Å². The number of hydrogen-bond donors (Lipinski definition) is 1. The first-order valence-electron chi connectivity index (χ1n) is 3.70. The number of rotatable bonds is 4. The summed E-state index contributed by atoms with van der Waals surface area (Å²) < 4.78 is 4.61. The molecule has 66 valence electrons. The highest BCUT2D eigenvalue weighted by atomic mass is 16.5. The van der Waals surface area contributed by atoms with Gasteiger partial charge in [-0.15, -0.1) is 0 Å². The average Bonchev–Trinajstić information content (AvgIpc) is 2.01. The van der Waals surface area contributed by atoms with E-state index in [1.165, 1.54) is 6.08 Å². The number of carbonyl (C=O) groups excluding carboxylic acids is 1. The van der Waals surface area contributed by atoms with Crippen molar-refractivity contribution in [2.75, 3.05) is 6.61 Å². The van der Waals surface area contributed by atoms with E-state index in [2.05, 4.69) is 4.74 Å². The lowest BCUT2D eigenvalue weighted by molar-refractivity contribution is -0.137. The Morgan fingerprint density at radius 1 is 1.75 bits per heavy atom. The van der Waals surface area contributed by atoms with E-state index >= 15 is 0 Å². The Bertz CT molecular complexity index is 216. The molecule has 0 aliphatic carbocycles. The molecular weight excluding hydrogens is 156 g/mol. The minimum absolute atomic E-state index is 0.321. The summed E-state index contributed by atoms with van der Waals surface area (Å²) in [7, 11) is 0. The smallest absolute Gasteiger partial charge is 0.332 e. The maximum atomic E-state index is 10.8. The highest BCUT2D eigenvalue weighted by Crippen LogP contribution is 1.96. The van der Waals surface area contributed by atoms with Crippen LogP contribution in [-0.4, -0.2) is 12.6 Å². The van der Waals surface area contributed by atoms with Crippen molar-refractivity contribution in [3.05, 3.63) is 11.8 Å². The number of ether oxygens (including phenoxy) is 1. The van der Waals surface area contributed by atoms with Gasteiger partial charge in [-0.05, 0) is 6.92 Å². The second-order valence-corrected chi connectivity index (χ2v) is 2.13. The molecule has 0 saturated carbocycles. The number of hydrogen-bond acceptors (Lipinski definition) is 4. The largest absolute Gasteiger partial charge is 0.463 e. The Balaban J connectivity index is 3.82. The van der Waals surface area contributed by atoms with Gasteiger partial charge in [0.15, 0.2) is 0 Å². The minimum atomic E-state index is -0.451. The third-order valence-electron chi connectivity index (χ3n) is 1.12. The van der Waals surface area contributed by atoms with Crippen LogP contribution in [0.25, 0.3) is 0 Å². The van der Waals surface area contributed by atoms with Gasteiger partial charge in [0.2, 0.25) is 0 Å². The summed E-state index contributed by atoms with van der Waals surface area (Å²) in [5.41, 5.74) is 5.78. The predicted octanol–water partition coefficient (Wildman–Crippen LogP) is 0.696. The van der Waals surface area contributed by atoms with Crippen molar-refractivity contribution in [2.24, 2.45) is 5.73 Å². The number of nitriles is 1. The number of carbonyl (C=O) groups is 1. The lowest BCUT2D eigenvalue weighted by Gasteiger charge is -1.97. The average molecular weight is 168 g/mol. The molecule has 0 bridgehead atoms. The van der Waals surface area contributed by atoms with Crippen LogP contribution in [0, 0.1) is 11.3 Å². The van der Waals surface area contributed by atoms with Crippen LogP contribution in [0.3, 0.4) is 0 Å². The SMILES string of the molecule is CCOC(=O)C=C(N)CCC#N. The molecular formula is C8H12N2O2. The van der Waals surface area contributed by atoms with E-state index in [4.69, 9.17) is 11.0 Å². The summed E-state index contributed by atoms with van der Waals surface area (Å²) in [6, 6.07) is 1.93. The molecule has 0 fully saturated rings. The number of nitrogens with zero attached hydrogens (tertiary/aromatic N) is 1. The van der Waals surface area contributed by atoms with Crippen LogP contribution in [-0.2, 0) is 9.53 Å². The minimum Gasteiger partial charge on any atom is -0.463 e. The lowest BCUT2D eigenvalue weighted by Crippen LogP contribution is -2.05. The quantitative estimate of drug-likeness (QED) is 0.495. The fourth-order valence-electron chi connectivity index (χ4n) is 0.608. The fraction of sp³-hybridized carbons (Fsp3) is 0.500. The van der Waals surface area contributed by atoms with E-state index < -0.39 is 5.97 Å². The molecule has 0 aromatic carbocycles. The normalized spacial score (nSPS) is 10.5. The van der Waals surface area contributed by atoms with E-state index in [0.717, 1.165) is 0 Å². The van der Waals surface area contributed by atoms with Gasteiger partial charge in [-0.25, -0.2) is 4.79 Å². The molecule has 0 amide bonds. The van der Waals surface area contributed by atoms with Gasteiger partial charge in [0, 0.05) is 24.6 Å². The molecule has 4 heteroatoms. The first kappa shape index (κ1) is 10.5. The van der Waals surface area contributed by atoms with Crippen LogP contribution in [0.2, 0.25) is 0 Å². The van der Waals surface area contributed by atoms with Gasteiger partial charge < -0.3 is 10.5 Å². The molecule has 0 radical (unpaired) electrons. The summed E-state index contributed by atoms with van der Waals surface area (Å²) in [6.07, 6.45) is 1.94. The summed E-state index contributed by atoms with van der Waals surface area (Å²) in [4.78, 5) is 10.8. The van der Waals surface area contributed by atoms with Crippen LogP contribution in [0.1, 0.15) is 19.8 Å². The lowest BCUT2D eigenvalue weighted by atomic mass is 10.2. The topological polar surface area (TPSA) is 76.1 Å². The first-order valence-corrected chi connectivity index (χ1v) is 3.70. The standard InChI is InChI=1S/C8H12N2O2/c1-2-12-8(11)6-7(10)4-3-5-9/h6H,2-4,10H2,1H3. The van der Waals surface area contributed by atoms with E-state index in [-0.39, 0.29) is 0 Å². The molecule has 0 rings (SSSR count). The molecule has 2 N–H and O–H groups in total. The van der Waals surface area contributed by atoms with Crippen molar-refractivity contribution < 1.29 is 9.53 Å². The molecule has 0 aromatic heterocycles. The highest BCUT2D eigenvalue weighted by Gasteiger charge is 1.97. The monoisotopic (exact) mass is 168 g/mol. The molecule has 0 aromatic rings. The van der Waals surface area contributed by atoms with Gasteiger partial charge in [-0.1, -0.05) is 0 Å². The Hall–Kier alpha value is -1.50. The van der Waals surface area contributed by atoms with Crippen molar-refractivity contribution >= 4 is 5.97 Å². The first-order chi connectivity index (χ1) is 5.70. The zero-order valence-corrected chi connectivity index (χ0v) is 7.04. The van der Waals surface area contributed by atoms with Crippen molar-refractivity contribution in [1.82, 2.24) is 0 Å². The van der Waals surface area contributed by atoms with Gasteiger partial charge in [-0.3, -0.25) is 0 Å². The maximum Gasteiger partial charge on any atom is 0.332 e. The van der Waals surface area contributed by atoms with Crippen molar-refractivity contribution in [1.29, 1.82) is 5.26 Å². The summed E-state index contributed by atoms with van der Waals surface area (Å²) in [5, 5.41) is 8.20. The Morgan fingerprint density at radius 2 is 2.42 bits per heavy atom. The third kappa shape index (κ3) is 5.30. The summed E-state index contributed by atoms with van der Waals surface area (Å²) in [5.74, 6) is -0.451. The highest BCUT2D eigenvalue weighted by molar-refractivity contribution is 5.82. The Kier molecular flexibility index (Phi) is 5.45. The second-order valence-electron chi connectivity index (χ2n) is 2.13. The van der Waals surface area contributed by atoms with Crippen LogP contribution < -0.4 is 5.73 Å². The van der Waals surface area contributed by atoms with Crippen LogP contribution in [0.5, 0.6) is 0 Å². The summed E-state index contributed by atoms with van der Waals surface area (Å²) >= 11 is 0. The van der Waals surface area contributed by atoms with Gasteiger partial charge in [-0.2, -0.15) is 5.26 Å². The zero-order valence-electron chi connectivity index (χ0n) is 7.04. The van der Waals surface area contributed by atoms with Crippen LogP contribution >= 0.6 is 0 Å². The van der Waals surface area contributed by atoms with Crippen molar-refractivity contribution in [3.63, 3.8) is 0 Å².